The summed E-state index contributed by atoms with van der Waals surface area (Å²) in [5.41, 5.74) is 0. The topological polar surface area (TPSA) is 63.6 Å². The number of rotatable bonds is 11. The third-order valence-corrected chi connectivity index (χ3v) is 3.17. The molecule has 4 nitrogen and oxygen atoms in total. The molecule has 0 aromatic heterocycles. The van der Waals surface area contributed by atoms with Gasteiger partial charge in [0.1, 0.15) is 0 Å². The first-order valence-electron chi connectivity index (χ1n) is 7.14. The van der Waals surface area contributed by atoms with Crippen LogP contribution in [0, 0.1) is 11.8 Å². The molecule has 0 heterocycles. The zero-order chi connectivity index (χ0) is 14.4. The Labute approximate surface area is 117 Å². The van der Waals surface area contributed by atoms with Crippen LogP contribution in [0.1, 0.15) is 71.1 Å². The normalized spacial score (nSPS) is 11.1. The van der Waals surface area contributed by atoms with E-state index in [4.69, 9.17) is 4.55 Å². The van der Waals surface area contributed by atoms with Gasteiger partial charge in [-0.15, -0.1) is 11.8 Å². The average Bonchev–Trinajstić information content (AvgIpc) is 2.34. The Morgan fingerprint density at radius 2 is 1.42 bits per heavy atom. The summed E-state index contributed by atoms with van der Waals surface area (Å²) in [6.45, 7) is 2.26. The molecule has 0 spiro atoms. The van der Waals surface area contributed by atoms with Gasteiger partial charge in [-0.3, -0.25) is 4.55 Å². The van der Waals surface area contributed by atoms with Crippen molar-refractivity contribution >= 4 is 10.4 Å². The Kier molecular flexibility index (Phi) is 12.1. The summed E-state index contributed by atoms with van der Waals surface area (Å²) in [7, 11) is -4.26. The Morgan fingerprint density at radius 1 is 0.895 bits per heavy atom. The minimum absolute atomic E-state index is 0.0575. The van der Waals surface area contributed by atoms with E-state index in [1.807, 2.05) is 0 Å². The predicted molar refractivity (Wildman–Crippen MR) is 77.1 cm³/mol. The van der Waals surface area contributed by atoms with Crippen molar-refractivity contribution < 1.29 is 17.2 Å². The molecule has 0 amide bonds. The van der Waals surface area contributed by atoms with E-state index in [0.29, 0.717) is 6.42 Å². The minimum atomic E-state index is -4.26. The van der Waals surface area contributed by atoms with Crippen molar-refractivity contribution in [1.82, 2.24) is 0 Å². The molecule has 0 saturated carbocycles. The van der Waals surface area contributed by atoms with Crippen molar-refractivity contribution in [2.45, 2.75) is 71.1 Å². The highest BCUT2D eigenvalue weighted by Gasteiger charge is 2.02. The maximum absolute atomic E-state index is 10.2. The van der Waals surface area contributed by atoms with E-state index in [9.17, 15) is 8.42 Å². The van der Waals surface area contributed by atoms with Crippen molar-refractivity contribution in [3.63, 3.8) is 0 Å². The van der Waals surface area contributed by atoms with Crippen molar-refractivity contribution in [1.29, 1.82) is 0 Å². The largest absolute Gasteiger partial charge is 0.397 e. The van der Waals surface area contributed by atoms with Gasteiger partial charge in [0.15, 0.2) is 0 Å². The van der Waals surface area contributed by atoms with Gasteiger partial charge in [-0.25, -0.2) is 4.18 Å². The molecule has 0 aliphatic heterocycles. The Bertz CT molecular complexity index is 351. The fourth-order valence-corrected chi connectivity index (χ4v) is 1.98. The lowest BCUT2D eigenvalue weighted by molar-refractivity contribution is 0.261. The van der Waals surface area contributed by atoms with Gasteiger partial charge in [0.25, 0.3) is 0 Å². The second-order valence-corrected chi connectivity index (χ2v) is 5.67. The van der Waals surface area contributed by atoms with Gasteiger partial charge in [-0.1, -0.05) is 39.0 Å². The maximum Gasteiger partial charge on any atom is 0.397 e. The molecule has 0 aromatic rings. The fourth-order valence-electron chi connectivity index (χ4n) is 1.65. The monoisotopic (exact) mass is 290 g/mol. The second-order valence-electron chi connectivity index (χ2n) is 4.58. The molecule has 0 rings (SSSR count). The molecule has 1 N–H and O–H groups in total. The number of hydrogen-bond donors (Lipinski definition) is 1. The lowest BCUT2D eigenvalue weighted by Crippen LogP contribution is -2.04. The zero-order valence-corrected chi connectivity index (χ0v) is 12.7. The molecule has 0 aromatic carbocycles. The van der Waals surface area contributed by atoms with Crippen molar-refractivity contribution in [2.75, 3.05) is 6.61 Å². The van der Waals surface area contributed by atoms with Crippen LogP contribution in [0.2, 0.25) is 0 Å². The highest BCUT2D eigenvalue weighted by Crippen LogP contribution is 2.04. The SMILES string of the molecule is CCCCCCC#CCCCCCCOS(=O)(=O)O. The van der Waals surface area contributed by atoms with Gasteiger partial charge in [0.2, 0.25) is 0 Å². The van der Waals surface area contributed by atoms with Crippen LogP contribution in [0.5, 0.6) is 0 Å². The lowest BCUT2D eigenvalue weighted by atomic mass is 10.1. The summed E-state index contributed by atoms with van der Waals surface area (Å²) in [5, 5.41) is 0. The summed E-state index contributed by atoms with van der Waals surface area (Å²) >= 11 is 0. The van der Waals surface area contributed by atoms with E-state index < -0.39 is 10.4 Å². The molecule has 0 radical (unpaired) electrons. The summed E-state index contributed by atoms with van der Waals surface area (Å²) in [6, 6.07) is 0. The van der Waals surface area contributed by atoms with E-state index in [1.165, 1.54) is 25.7 Å². The first-order valence-corrected chi connectivity index (χ1v) is 8.50. The molecule has 0 fully saturated rings. The second kappa shape index (κ2) is 12.5. The van der Waals surface area contributed by atoms with Gasteiger partial charge in [-0.05, 0) is 19.3 Å². The van der Waals surface area contributed by atoms with E-state index >= 15 is 0 Å². The van der Waals surface area contributed by atoms with Crippen molar-refractivity contribution in [3.05, 3.63) is 0 Å². The summed E-state index contributed by atoms with van der Waals surface area (Å²) in [6.07, 6.45) is 10.5. The van der Waals surface area contributed by atoms with E-state index in [0.717, 1.165) is 32.1 Å². The highest BCUT2D eigenvalue weighted by atomic mass is 32.3. The fraction of sp³-hybridized carbons (Fsp3) is 0.857. The smallest absolute Gasteiger partial charge is 0.264 e. The quantitative estimate of drug-likeness (QED) is 0.358. The van der Waals surface area contributed by atoms with Crippen LogP contribution in [-0.4, -0.2) is 19.6 Å². The molecule has 0 atom stereocenters. The van der Waals surface area contributed by atoms with E-state index in [-0.39, 0.29) is 6.61 Å². The van der Waals surface area contributed by atoms with Gasteiger partial charge in [0, 0.05) is 12.8 Å². The van der Waals surface area contributed by atoms with Gasteiger partial charge >= 0.3 is 10.4 Å². The Hall–Kier alpha value is -0.570. The minimum Gasteiger partial charge on any atom is -0.264 e. The number of unbranched alkanes of at least 4 members (excludes halogenated alkanes) is 8. The Balaban J connectivity index is 3.20. The van der Waals surface area contributed by atoms with Crippen LogP contribution in [0.15, 0.2) is 0 Å². The van der Waals surface area contributed by atoms with Crippen LogP contribution in [0.3, 0.4) is 0 Å². The molecule has 5 heteroatoms. The number of hydrogen-bond acceptors (Lipinski definition) is 3. The first kappa shape index (κ1) is 18.4. The summed E-state index contributed by atoms with van der Waals surface area (Å²) in [4.78, 5) is 0. The van der Waals surface area contributed by atoms with Gasteiger partial charge in [0.05, 0.1) is 6.61 Å². The maximum atomic E-state index is 10.2. The van der Waals surface area contributed by atoms with Crippen molar-refractivity contribution in [3.8, 4) is 11.8 Å². The molecular weight excluding hydrogens is 264 g/mol. The molecule has 0 bridgehead atoms. The zero-order valence-electron chi connectivity index (χ0n) is 11.9. The van der Waals surface area contributed by atoms with Crippen LogP contribution < -0.4 is 0 Å². The first-order chi connectivity index (χ1) is 9.06. The molecule has 0 unspecified atom stereocenters. The molecule has 19 heavy (non-hydrogen) atoms. The van der Waals surface area contributed by atoms with Crippen LogP contribution in [0.4, 0.5) is 0 Å². The van der Waals surface area contributed by atoms with Gasteiger partial charge in [-0.2, -0.15) is 8.42 Å². The van der Waals surface area contributed by atoms with Gasteiger partial charge < -0.3 is 0 Å². The molecule has 0 aliphatic rings. The van der Waals surface area contributed by atoms with E-state index in [2.05, 4.69) is 22.9 Å². The highest BCUT2D eigenvalue weighted by molar-refractivity contribution is 7.80. The average molecular weight is 290 g/mol. The van der Waals surface area contributed by atoms with Crippen LogP contribution in [-0.2, 0) is 14.6 Å². The standard InChI is InChI=1S/C14H26O4S/c1-2-3-4-5-6-7-8-9-10-11-12-13-14-18-19(15,16)17/h2-6,9-14H2,1H3,(H,15,16,17). The Morgan fingerprint density at radius 3 is 1.95 bits per heavy atom. The third kappa shape index (κ3) is 17.4. The van der Waals surface area contributed by atoms with E-state index in [1.54, 1.807) is 0 Å². The van der Waals surface area contributed by atoms with Crippen LogP contribution in [0.25, 0.3) is 0 Å². The molecule has 0 aliphatic carbocycles. The lowest BCUT2D eigenvalue weighted by Gasteiger charge is -1.99. The van der Waals surface area contributed by atoms with Crippen LogP contribution >= 0.6 is 0 Å². The van der Waals surface area contributed by atoms with Crippen molar-refractivity contribution in [2.24, 2.45) is 0 Å². The summed E-state index contributed by atoms with van der Waals surface area (Å²) in [5.74, 6) is 6.34. The summed E-state index contributed by atoms with van der Waals surface area (Å²) < 4.78 is 33.0. The molecular formula is C14H26O4S. The molecule has 0 saturated heterocycles. The molecule has 112 valence electrons. The third-order valence-electron chi connectivity index (χ3n) is 2.71. The predicted octanol–water partition coefficient (Wildman–Crippen LogP) is 3.73.